The molecule has 0 bridgehead atoms. The number of carbonyl (C=O) groups is 1. The normalized spacial score (nSPS) is 13.3. The van der Waals surface area contributed by atoms with E-state index in [1.165, 1.54) is 29.9 Å². The summed E-state index contributed by atoms with van der Waals surface area (Å²) < 4.78 is 31.3. The summed E-state index contributed by atoms with van der Waals surface area (Å²) in [6.07, 6.45) is 3.42. The number of fused-ring (bicyclic) bond motifs is 1. The lowest BCUT2D eigenvalue weighted by Crippen LogP contribution is -2.25. The van der Waals surface area contributed by atoms with E-state index in [1.807, 2.05) is 13.0 Å². The molecular weight excluding hydrogens is 428 g/mol. The van der Waals surface area contributed by atoms with E-state index in [0.717, 1.165) is 35.2 Å². The van der Waals surface area contributed by atoms with Crippen LogP contribution in [0, 0.1) is 18.6 Å². The van der Waals surface area contributed by atoms with Crippen LogP contribution in [-0.2, 0) is 7.05 Å². The Hall–Kier alpha value is -4.01. The Labute approximate surface area is 187 Å². The van der Waals surface area contributed by atoms with E-state index in [4.69, 9.17) is 0 Å². The average Bonchev–Trinajstić information content (AvgIpc) is 3.48. The van der Waals surface area contributed by atoms with Gasteiger partial charge in [0.25, 0.3) is 11.5 Å². The maximum absolute atomic E-state index is 14.4. The molecule has 2 heterocycles. The first-order valence-electron chi connectivity index (χ1n) is 10.5. The Morgan fingerprint density at radius 2 is 1.82 bits per heavy atom. The lowest BCUT2D eigenvalue weighted by atomic mass is 10.1. The van der Waals surface area contributed by atoms with Gasteiger partial charge in [-0.15, -0.1) is 0 Å². The van der Waals surface area contributed by atoms with Crippen LogP contribution in [0.5, 0.6) is 0 Å². The monoisotopic (exact) mass is 449 g/mol. The number of hydrogen-bond acceptors (Lipinski definition) is 4. The van der Waals surface area contributed by atoms with Crippen LogP contribution in [0.15, 0.2) is 53.5 Å². The Kier molecular flexibility index (Phi) is 4.96. The van der Waals surface area contributed by atoms with Gasteiger partial charge in [-0.2, -0.15) is 5.10 Å². The summed E-state index contributed by atoms with van der Waals surface area (Å²) in [7, 11) is 1.51. The van der Waals surface area contributed by atoms with Gasteiger partial charge in [0.05, 0.1) is 17.3 Å². The Bertz CT molecular complexity index is 1450. The molecule has 9 heteroatoms. The first-order chi connectivity index (χ1) is 15.8. The third-order valence-electron chi connectivity index (χ3n) is 5.78. The predicted octanol–water partition coefficient (Wildman–Crippen LogP) is 3.95. The number of nitrogens with one attached hydrogen (secondary N) is 2. The zero-order chi connectivity index (χ0) is 23.3. The van der Waals surface area contributed by atoms with Gasteiger partial charge in [0.2, 0.25) is 0 Å². The Morgan fingerprint density at radius 1 is 1.09 bits per heavy atom. The van der Waals surface area contributed by atoms with E-state index in [2.05, 4.69) is 15.7 Å². The molecule has 0 radical (unpaired) electrons. The largest absolute Gasteiger partial charge is 0.354 e. The van der Waals surface area contributed by atoms with Gasteiger partial charge in [-0.1, -0.05) is 12.1 Å². The van der Waals surface area contributed by atoms with E-state index < -0.39 is 11.6 Å². The number of rotatable bonds is 5. The van der Waals surface area contributed by atoms with Crippen LogP contribution in [0.4, 0.5) is 20.2 Å². The topological polar surface area (TPSA) is 81.0 Å². The van der Waals surface area contributed by atoms with E-state index in [9.17, 15) is 18.4 Å². The molecule has 33 heavy (non-hydrogen) atoms. The van der Waals surface area contributed by atoms with Crippen molar-refractivity contribution in [3.63, 3.8) is 0 Å². The van der Waals surface area contributed by atoms with Gasteiger partial charge in [-0.3, -0.25) is 14.2 Å². The Balaban J connectivity index is 1.60. The zero-order valence-electron chi connectivity index (χ0n) is 18.0. The maximum Gasteiger partial charge on any atom is 0.254 e. The molecule has 1 amide bonds. The molecule has 4 aromatic rings. The molecule has 168 valence electrons. The van der Waals surface area contributed by atoms with Gasteiger partial charge in [0.15, 0.2) is 11.6 Å². The summed E-state index contributed by atoms with van der Waals surface area (Å²) in [5, 5.41) is 10.8. The number of nitrogens with zero attached hydrogens (tertiary/aromatic N) is 3. The zero-order valence-corrected chi connectivity index (χ0v) is 18.0. The van der Waals surface area contributed by atoms with Gasteiger partial charge in [0.1, 0.15) is 11.3 Å². The lowest BCUT2D eigenvalue weighted by molar-refractivity contribution is 0.0951. The third kappa shape index (κ3) is 3.75. The standard InChI is InChI=1S/C24H21F2N5O2/c1-13-6-7-14(23(33)28-15-8-9-15)10-19(13)29-20-11-21(32)30(2)24-16(20)12-27-31(24)22-17(25)4-3-5-18(22)26/h3-7,10-12,15,29H,8-9H2,1-2H3,(H,28,33). The van der Waals surface area contributed by atoms with Crippen LogP contribution in [0.2, 0.25) is 0 Å². The summed E-state index contributed by atoms with van der Waals surface area (Å²) in [5.41, 5.74) is 1.89. The van der Waals surface area contributed by atoms with Crippen molar-refractivity contribution < 1.29 is 13.6 Å². The molecule has 0 saturated heterocycles. The number of aryl methyl sites for hydroxylation is 2. The number of para-hydroxylation sites is 1. The number of amides is 1. The van der Waals surface area contributed by atoms with Crippen LogP contribution >= 0.6 is 0 Å². The van der Waals surface area contributed by atoms with Gasteiger partial charge in [0, 0.05) is 30.4 Å². The van der Waals surface area contributed by atoms with Crippen LogP contribution in [0.25, 0.3) is 16.7 Å². The Morgan fingerprint density at radius 3 is 2.52 bits per heavy atom. The van der Waals surface area contributed by atoms with Gasteiger partial charge < -0.3 is 10.6 Å². The second-order valence-electron chi connectivity index (χ2n) is 8.22. The fourth-order valence-electron chi connectivity index (χ4n) is 3.75. The molecule has 0 aliphatic heterocycles. The molecule has 1 aliphatic carbocycles. The molecule has 0 unspecified atom stereocenters. The number of pyridine rings is 1. The first kappa shape index (κ1) is 20.9. The number of anilines is 2. The molecular formula is C24H21F2N5O2. The highest BCUT2D eigenvalue weighted by Crippen LogP contribution is 2.30. The number of halogens is 2. The van der Waals surface area contributed by atoms with Crippen LogP contribution in [0.1, 0.15) is 28.8 Å². The molecule has 2 aromatic heterocycles. The molecule has 7 nitrogen and oxygen atoms in total. The minimum atomic E-state index is -0.795. The summed E-state index contributed by atoms with van der Waals surface area (Å²) >= 11 is 0. The molecule has 1 fully saturated rings. The SMILES string of the molecule is Cc1ccc(C(=O)NC2CC2)cc1Nc1cc(=O)n(C)c2c1cnn2-c1c(F)cccc1F. The van der Waals surface area contributed by atoms with E-state index in [1.54, 1.807) is 12.1 Å². The van der Waals surface area contributed by atoms with Crippen molar-refractivity contribution in [3.8, 4) is 5.69 Å². The average molecular weight is 449 g/mol. The van der Waals surface area contributed by atoms with Crippen molar-refractivity contribution in [2.24, 2.45) is 7.05 Å². The van der Waals surface area contributed by atoms with E-state index >= 15 is 0 Å². The molecule has 2 N–H and O–H groups in total. The second kappa shape index (κ2) is 7.84. The second-order valence-corrected chi connectivity index (χ2v) is 8.22. The molecule has 1 saturated carbocycles. The highest BCUT2D eigenvalue weighted by Gasteiger charge is 2.24. The van der Waals surface area contributed by atoms with E-state index in [-0.39, 0.29) is 28.8 Å². The lowest BCUT2D eigenvalue weighted by Gasteiger charge is -2.14. The van der Waals surface area contributed by atoms with Crippen molar-refractivity contribution >= 4 is 28.3 Å². The molecule has 2 aromatic carbocycles. The fourth-order valence-corrected chi connectivity index (χ4v) is 3.75. The van der Waals surface area contributed by atoms with Crippen LogP contribution in [0.3, 0.4) is 0 Å². The quantitative estimate of drug-likeness (QED) is 0.484. The summed E-state index contributed by atoms with van der Waals surface area (Å²) in [5.74, 6) is -1.75. The smallest absolute Gasteiger partial charge is 0.254 e. The summed E-state index contributed by atoms with van der Waals surface area (Å²) in [6, 6.07) is 10.4. The number of benzene rings is 2. The van der Waals surface area contributed by atoms with E-state index in [0.29, 0.717) is 22.3 Å². The van der Waals surface area contributed by atoms with Gasteiger partial charge >= 0.3 is 0 Å². The molecule has 5 rings (SSSR count). The van der Waals surface area contributed by atoms with Crippen molar-refractivity contribution in [1.82, 2.24) is 19.7 Å². The summed E-state index contributed by atoms with van der Waals surface area (Å²) in [4.78, 5) is 25.2. The van der Waals surface area contributed by atoms with Crippen LogP contribution < -0.4 is 16.2 Å². The molecule has 1 aliphatic rings. The van der Waals surface area contributed by atoms with Gasteiger partial charge in [-0.25, -0.2) is 13.5 Å². The number of aromatic nitrogens is 3. The van der Waals surface area contributed by atoms with Crippen LogP contribution in [-0.4, -0.2) is 26.3 Å². The first-order valence-corrected chi connectivity index (χ1v) is 10.5. The number of carbonyl (C=O) groups excluding carboxylic acids is 1. The minimum Gasteiger partial charge on any atom is -0.354 e. The van der Waals surface area contributed by atoms with Crippen molar-refractivity contribution in [2.75, 3.05) is 5.32 Å². The van der Waals surface area contributed by atoms with Crippen molar-refractivity contribution in [2.45, 2.75) is 25.8 Å². The third-order valence-corrected chi connectivity index (χ3v) is 5.78. The van der Waals surface area contributed by atoms with Gasteiger partial charge in [-0.05, 0) is 49.6 Å². The highest BCUT2D eigenvalue weighted by atomic mass is 19.1. The highest BCUT2D eigenvalue weighted by molar-refractivity contribution is 5.97. The number of hydrogen-bond donors (Lipinski definition) is 2. The minimum absolute atomic E-state index is 0.155. The molecule has 0 atom stereocenters. The molecule has 0 spiro atoms. The predicted molar refractivity (Wildman–Crippen MR) is 121 cm³/mol. The summed E-state index contributed by atoms with van der Waals surface area (Å²) in [6.45, 7) is 1.88. The fraction of sp³-hybridized carbons (Fsp3) is 0.208. The maximum atomic E-state index is 14.4. The van der Waals surface area contributed by atoms with Crippen molar-refractivity contribution in [1.29, 1.82) is 0 Å². The van der Waals surface area contributed by atoms with Crippen molar-refractivity contribution in [3.05, 3.63) is 81.8 Å².